The predicted molar refractivity (Wildman–Crippen MR) is 94.0 cm³/mol. The molecule has 0 aliphatic carbocycles. The van der Waals surface area contributed by atoms with Gasteiger partial charge in [0.15, 0.2) is 0 Å². The molecular formula is C19H22N2O3. The summed E-state index contributed by atoms with van der Waals surface area (Å²) in [5.74, 6) is 0.774. The van der Waals surface area contributed by atoms with Gasteiger partial charge in [-0.3, -0.25) is 4.79 Å². The first-order chi connectivity index (χ1) is 11.6. The van der Waals surface area contributed by atoms with E-state index in [0.717, 1.165) is 30.1 Å². The number of methoxy groups -OCH3 is 1. The third-order valence-corrected chi connectivity index (χ3v) is 4.39. The Bertz CT molecular complexity index is 720. The zero-order valence-corrected chi connectivity index (χ0v) is 14.0. The molecule has 24 heavy (non-hydrogen) atoms. The van der Waals surface area contributed by atoms with E-state index in [0.29, 0.717) is 18.7 Å². The van der Waals surface area contributed by atoms with E-state index in [2.05, 4.69) is 4.90 Å². The standard InChI is InChI=1S/C19H22N2O3/c1-14-3-8-18(22)17(13-14)19(23)21-11-9-20(10-12-21)15-4-6-16(24-2)7-5-15/h3-8,13,22H,9-12H2,1-2H3. The van der Waals surface area contributed by atoms with Crippen LogP contribution in [0.15, 0.2) is 42.5 Å². The molecule has 3 rings (SSSR count). The van der Waals surface area contributed by atoms with Crippen LogP contribution in [0.4, 0.5) is 5.69 Å². The van der Waals surface area contributed by atoms with Crippen LogP contribution >= 0.6 is 0 Å². The van der Waals surface area contributed by atoms with Crippen molar-refractivity contribution in [3.63, 3.8) is 0 Å². The highest BCUT2D eigenvalue weighted by Gasteiger charge is 2.24. The Morgan fingerprint density at radius 3 is 2.33 bits per heavy atom. The molecule has 5 heteroatoms. The van der Waals surface area contributed by atoms with Crippen LogP contribution in [0.25, 0.3) is 0 Å². The van der Waals surface area contributed by atoms with Crippen LogP contribution in [-0.2, 0) is 0 Å². The fourth-order valence-corrected chi connectivity index (χ4v) is 2.95. The van der Waals surface area contributed by atoms with E-state index in [9.17, 15) is 9.90 Å². The van der Waals surface area contributed by atoms with Gasteiger partial charge in [-0.2, -0.15) is 0 Å². The Balaban J connectivity index is 1.65. The predicted octanol–water partition coefficient (Wildman–Crippen LogP) is 2.67. The second kappa shape index (κ2) is 6.83. The van der Waals surface area contributed by atoms with Gasteiger partial charge < -0.3 is 19.6 Å². The maximum Gasteiger partial charge on any atom is 0.257 e. The number of aryl methyl sites for hydroxylation is 1. The lowest BCUT2D eigenvalue weighted by Crippen LogP contribution is -2.48. The number of hydrogen-bond acceptors (Lipinski definition) is 4. The number of carbonyl (C=O) groups excluding carboxylic acids is 1. The summed E-state index contributed by atoms with van der Waals surface area (Å²) in [5, 5.41) is 9.95. The Hall–Kier alpha value is -2.69. The number of benzene rings is 2. The van der Waals surface area contributed by atoms with E-state index in [1.807, 2.05) is 31.2 Å². The molecule has 1 fully saturated rings. The van der Waals surface area contributed by atoms with E-state index in [1.54, 1.807) is 30.2 Å². The Morgan fingerprint density at radius 1 is 1.04 bits per heavy atom. The van der Waals surface area contributed by atoms with E-state index in [-0.39, 0.29) is 11.7 Å². The van der Waals surface area contributed by atoms with Crippen LogP contribution in [-0.4, -0.2) is 49.2 Å². The third kappa shape index (κ3) is 3.30. The number of amides is 1. The molecule has 1 heterocycles. The highest BCUT2D eigenvalue weighted by atomic mass is 16.5. The number of rotatable bonds is 3. The van der Waals surface area contributed by atoms with Crippen molar-refractivity contribution in [2.45, 2.75) is 6.92 Å². The fourth-order valence-electron chi connectivity index (χ4n) is 2.95. The van der Waals surface area contributed by atoms with Crippen molar-refractivity contribution in [3.05, 3.63) is 53.6 Å². The molecule has 0 atom stereocenters. The summed E-state index contributed by atoms with van der Waals surface area (Å²) in [6, 6.07) is 13.1. The number of hydrogen-bond donors (Lipinski definition) is 1. The number of carbonyl (C=O) groups is 1. The largest absolute Gasteiger partial charge is 0.507 e. The van der Waals surface area contributed by atoms with Crippen molar-refractivity contribution in [2.75, 3.05) is 38.2 Å². The van der Waals surface area contributed by atoms with Crippen molar-refractivity contribution in [1.82, 2.24) is 4.90 Å². The Labute approximate surface area is 142 Å². The average molecular weight is 326 g/mol. The van der Waals surface area contributed by atoms with Gasteiger partial charge in [-0.25, -0.2) is 0 Å². The first-order valence-corrected chi connectivity index (χ1v) is 8.06. The minimum Gasteiger partial charge on any atom is -0.507 e. The van der Waals surface area contributed by atoms with Crippen molar-refractivity contribution in [1.29, 1.82) is 0 Å². The molecule has 1 amide bonds. The summed E-state index contributed by atoms with van der Waals surface area (Å²) in [5.41, 5.74) is 2.47. The summed E-state index contributed by atoms with van der Waals surface area (Å²) in [6.07, 6.45) is 0. The maximum absolute atomic E-state index is 12.6. The van der Waals surface area contributed by atoms with Crippen LogP contribution in [0.3, 0.4) is 0 Å². The average Bonchev–Trinajstić information content (AvgIpc) is 2.63. The summed E-state index contributed by atoms with van der Waals surface area (Å²) in [7, 11) is 1.65. The second-order valence-electron chi connectivity index (χ2n) is 6.00. The van der Waals surface area contributed by atoms with Gasteiger partial charge in [-0.1, -0.05) is 11.6 Å². The SMILES string of the molecule is COc1ccc(N2CCN(C(=O)c3cc(C)ccc3O)CC2)cc1. The van der Waals surface area contributed by atoms with Gasteiger partial charge >= 0.3 is 0 Å². The summed E-state index contributed by atoms with van der Waals surface area (Å²) >= 11 is 0. The zero-order valence-electron chi connectivity index (χ0n) is 14.0. The van der Waals surface area contributed by atoms with Gasteiger partial charge in [-0.05, 0) is 43.3 Å². The molecule has 0 unspecified atom stereocenters. The number of piperazine rings is 1. The number of anilines is 1. The van der Waals surface area contributed by atoms with E-state index >= 15 is 0 Å². The van der Waals surface area contributed by atoms with Crippen LogP contribution in [0.5, 0.6) is 11.5 Å². The molecule has 0 bridgehead atoms. The lowest BCUT2D eigenvalue weighted by Gasteiger charge is -2.36. The number of aromatic hydroxyl groups is 1. The molecule has 1 aliphatic heterocycles. The van der Waals surface area contributed by atoms with Gasteiger partial charge in [0.2, 0.25) is 0 Å². The summed E-state index contributed by atoms with van der Waals surface area (Å²) in [4.78, 5) is 16.7. The van der Waals surface area contributed by atoms with Gasteiger partial charge in [0.25, 0.3) is 5.91 Å². The maximum atomic E-state index is 12.6. The smallest absolute Gasteiger partial charge is 0.257 e. The molecule has 0 radical (unpaired) electrons. The topological polar surface area (TPSA) is 53.0 Å². The first-order valence-electron chi connectivity index (χ1n) is 8.06. The molecule has 126 valence electrons. The van der Waals surface area contributed by atoms with Crippen LogP contribution in [0, 0.1) is 6.92 Å². The molecule has 0 aromatic heterocycles. The van der Waals surface area contributed by atoms with Crippen LogP contribution in [0.2, 0.25) is 0 Å². The molecule has 5 nitrogen and oxygen atoms in total. The monoisotopic (exact) mass is 326 g/mol. The van der Waals surface area contributed by atoms with E-state index < -0.39 is 0 Å². The third-order valence-electron chi connectivity index (χ3n) is 4.39. The number of phenols is 1. The van der Waals surface area contributed by atoms with Crippen LogP contribution in [0.1, 0.15) is 15.9 Å². The van der Waals surface area contributed by atoms with Crippen LogP contribution < -0.4 is 9.64 Å². The number of ether oxygens (including phenoxy) is 1. The number of nitrogens with zero attached hydrogens (tertiary/aromatic N) is 2. The lowest BCUT2D eigenvalue weighted by atomic mass is 10.1. The Kier molecular flexibility index (Phi) is 4.60. The van der Waals surface area contributed by atoms with Crippen molar-refractivity contribution in [2.24, 2.45) is 0 Å². The minimum absolute atomic E-state index is 0.0446. The lowest BCUT2D eigenvalue weighted by molar-refractivity contribution is 0.0743. The molecule has 1 aliphatic rings. The quantitative estimate of drug-likeness (QED) is 0.942. The van der Waals surface area contributed by atoms with Crippen molar-refractivity contribution in [3.8, 4) is 11.5 Å². The molecule has 2 aromatic carbocycles. The molecule has 1 saturated heterocycles. The summed E-state index contributed by atoms with van der Waals surface area (Å²) in [6.45, 7) is 4.73. The Morgan fingerprint density at radius 2 is 1.71 bits per heavy atom. The van der Waals surface area contributed by atoms with E-state index in [1.165, 1.54) is 0 Å². The first kappa shape index (κ1) is 16.2. The van der Waals surface area contributed by atoms with Gasteiger partial charge in [0.1, 0.15) is 11.5 Å². The van der Waals surface area contributed by atoms with Gasteiger partial charge in [-0.15, -0.1) is 0 Å². The summed E-state index contributed by atoms with van der Waals surface area (Å²) < 4.78 is 5.18. The minimum atomic E-state index is -0.106. The molecular weight excluding hydrogens is 304 g/mol. The zero-order chi connectivity index (χ0) is 17.1. The van der Waals surface area contributed by atoms with Gasteiger partial charge in [0, 0.05) is 31.9 Å². The normalized spacial score (nSPS) is 14.6. The second-order valence-corrected chi connectivity index (χ2v) is 6.00. The van der Waals surface area contributed by atoms with E-state index in [4.69, 9.17) is 4.74 Å². The molecule has 2 aromatic rings. The highest BCUT2D eigenvalue weighted by Crippen LogP contribution is 2.23. The highest BCUT2D eigenvalue weighted by molar-refractivity contribution is 5.97. The van der Waals surface area contributed by atoms with Crippen molar-refractivity contribution >= 4 is 11.6 Å². The molecule has 0 saturated carbocycles. The number of phenolic OH excluding ortho intramolecular Hbond substituents is 1. The fraction of sp³-hybridized carbons (Fsp3) is 0.316. The van der Waals surface area contributed by atoms with Gasteiger partial charge in [0.05, 0.1) is 12.7 Å². The molecule has 0 spiro atoms. The molecule has 1 N–H and O–H groups in total. The van der Waals surface area contributed by atoms with Crippen molar-refractivity contribution < 1.29 is 14.6 Å².